The molecule has 0 heterocycles. The van der Waals surface area contributed by atoms with Crippen molar-refractivity contribution in [3.8, 4) is 11.5 Å². The quantitative estimate of drug-likeness (QED) is 0.829. The van der Waals surface area contributed by atoms with Crippen LogP contribution in [0.15, 0.2) is 36.4 Å². The van der Waals surface area contributed by atoms with Crippen LogP contribution in [0.1, 0.15) is 5.56 Å². The van der Waals surface area contributed by atoms with Crippen molar-refractivity contribution in [2.45, 2.75) is 5.75 Å². The van der Waals surface area contributed by atoms with E-state index < -0.39 is 10.0 Å². The molecule has 0 aliphatic carbocycles. The summed E-state index contributed by atoms with van der Waals surface area (Å²) in [6.07, 6.45) is 0. The smallest absolute Gasteiger partial charge is 0.237 e. The van der Waals surface area contributed by atoms with Gasteiger partial charge in [-0.15, -0.1) is 0 Å². The molecular weight excluding hydrogens is 361 g/mol. The molecule has 1 N–H and O–H groups in total. The van der Waals surface area contributed by atoms with E-state index in [4.69, 9.17) is 32.7 Å². The summed E-state index contributed by atoms with van der Waals surface area (Å²) in [5.41, 5.74) is 0.611. The Bertz CT molecular complexity index is 789. The van der Waals surface area contributed by atoms with Gasteiger partial charge in [-0.2, -0.15) is 0 Å². The van der Waals surface area contributed by atoms with Gasteiger partial charge in [-0.3, -0.25) is 4.72 Å². The van der Waals surface area contributed by atoms with E-state index in [0.29, 0.717) is 27.1 Å². The second-order valence-corrected chi connectivity index (χ2v) is 7.16. The fourth-order valence-corrected chi connectivity index (χ4v) is 3.91. The highest BCUT2D eigenvalue weighted by Gasteiger charge is 2.18. The number of sulfonamides is 1. The molecule has 0 aliphatic rings. The molecule has 0 bridgehead atoms. The molecular formula is C15H15Cl2NO4S. The maximum Gasteiger partial charge on any atom is 0.237 e. The van der Waals surface area contributed by atoms with E-state index in [1.165, 1.54) is 20.3 Å². The number of methoxy groups -OCH3 is 2. The van der Waals surface area contributed by atoms with Crippen LogP contribution in [0.3, 0.4) is 0 Å². The Labute approximate surface area is 145 Å². The van der Waals surface area contributed by atoms with Gasteiger partial charge in [0.05, 0.1) is 25.7 Å². The average Bonchev–Trinajstić information content (AvgIpc) is 2.50. The Balaban J connectivity index is 2.32. The third kappa shape index (κ3) is 4.43. The molecule has 124 valence electrons. The summed E-state index contributed by atoms with van der Waals surface area (Å²) in [5, 5.41) is 0.584. The van der Waals surface area contributed by atoms with Gasteiger partial charge in [0.2, 0.25) is 10.0 Å². The van der Waals surface area contributed by atoms with Gasteiger partial charge in [-0.25, -0.2) is 8.42 Å². The number of ether oxygens (including phenoxy) is 2. The fourth-order valence-electron chi connectivity index (χ4n) is 1.96. The first-order valence-electron chi connectivity index (χ1n) is 6.51. The van der Waals surface area contributed by atoms with Crippen LogP contribution in [0.2, 0.25) is 10.0 Å². The number of benzene rings is 2. The molecule has 0 saturated heterocycles. The van der Waals surface area contributed by atoms with Gasteiger partial charge in [0.25, 0.3) is 0 Å². The lowest BCUT2D eigenvalue weighted by Gasteiger charge is -2.14. The fraction of sp³-hybridized carbons (Fsp3) is 0.200. The molecule has 2 rings (SSSR count). The highest BCUT2D eigenvalue weighted by molar-refractivity contribution is 7.91. The van der Waals surface area contributed by atoms with Crippen LogP contribution in [0, 0.1) is 0 Å². The van der Waals surface area contributed by atoms with Crippen molar-refractivity contribution in [1.29, 1.82) is 0 Å². The van der Waals surface area contributed by atoms with Gasteiger partial charge in [0, 0.05) is 21.7 Å². The zero-order valence-electron chi connectivity index (χ0n) is 12.5. The number of halogens is 2. The summed E-state index contributed by atoms with van der Waals surface area (Å²) in [5.74, 6) is 0.519. The molecule has 0 radical (unpaired) electrons. The second-order valence-electron chi connectivity index (χ2n) is 4.63. The van der Waals surface area contributed by atoms with Gasteiger partial charge in [0.15, 0.2) is 0 Å². The molecule has 8 heteroatoms. The minimum Gasteiger partial charge on any atom is -0.497 e. The molecule has 2 aromatic rings. The topological polar surface area (TPSA) is 64.6 Å². The summed E-state index contributed by atoms with van der Waals surface area (Å²) in [4.78, 5) is 0. The number of nitrogens with one attached hydrogen (secondary N) is 1. The highest BCUT2D eigenvalue weighted by Crippen LogP contribution is 2.31. The largest absolute Gasteiger partial charge is 0.497 e. The molecule has 23 heavy (non-hydrogen) atoms. The van der Waals surface area contributed by atoms with E-state index in [9.17, 15) is 8.42 Å². The van der Waals surface area contributed by atoms with Crippen LogP contribution < -0.4 is 14.2 Å². The molecule has 0 unspecified atom stereocenters. The number of hydrogen-bond acceptors (Lipinski definition) is 4. The average molecular weight is 376 g/mol. The first-order chi connectivity index (χ1) is 10.9. The molecule has 0 aromatic heterocycles. The zero-order chi connectivity index (χ0) is 17.0. The van der Waals surface area contributed by atoms with Crippen LogP contribution >= 0.6 is 23.2 Å². The minimum absolute atomic E-state index is 0.273. The van der Waals surface area contributed by atoms with Crippen molar-refractivity contribution in [3.05, 3.63) is 52.0 Å². The van der Waals surface area contributed by atoms with Crippen molar-refractivity contribution in [3.63, 3.8) is 0 Å². The van der Waals surface area contributed by atoms with Crippen LogP contribution in [-0.4, -0.2) is 22.6 Å². The predicted octanol–water partition coefficient (Wildman–Crippen LogP) is 3.95. The first kappa shape index (κ1) is 17.7. The summed E-state index contributed by atoms with van der Waals surface area (Å²) in [7, 11) is -0.806. The highest BCUT2D eigenvalue weighted by atomic mass is 35.5. The van der Waals surface area contributed by atoms with Crippen molar-refractivity contribution in [2.75, 3.05) is 18.9 Å². The van der Waals surface area contributed by atoms with Gasteiger partial charge in [-0.1, -0.05) is 29.3 Å². The SMILES string of the molecule is COc1ccc(OC)c(NS(=O)(=O)Cc2c(Cl)cccc2Cl)c1. The summed E-state index contributed by atoms with van der Waals surface area (Å²) >= 11 is 12.0. The van der Waals surface area contributed by atoms with Crippen LogP contribution in [0.5, 0.6) is 11.5 Å². The maximum absolute atomic E-state index is 12.4. The Kier molecular flexibility index (Phi) is 5.62. The maximum atomic E-state index is 12.4. The lowest BCUT2D eigenvalue weighted by molar-refractivity contribution is 0.405. The molecule has 0 aliphatic heterocycles. The number of anilines is 1. The predicted molar refractivity (Wildman–Crippen MR) is 92.3 cm³/mol. The third-order valence-electron chi connectivity index (χ3n) is 3.07. The van der Waals surface area contributed by atoms with Crippen LogP contribution in [0.25, 0.3) is 0 Å². The molecule has 2 aromatic carbocycles. The molecule has 0 saturated carbocycles. The van der Waals surface area contributed by atoms with Crippen LogP contribution in [0.4, 0.5) is 5.69 Å². The molecule has 5 nitrogen and oxygen atoms in total. The number of hydrogen-bond donors (Lipinski definition) is 1. The van der Waals surface area contributed by atoms with Gasteiger partial charge < -0.3 is 9.47 Å². The van der Waals surface area contributed by atoms with Crippen LogP contribution in [-0.2, 0) is 15.8 Å². The van der Waals surface area contributed by atoms with Gasteiger partial charge in [0.1, 0.15) is 11.5 Å². The lowest BCUT2D eigenvalue weighted by Crippen LogP contribution is -2.16. The zero-order valence-corrected chi connectivity index (χ0v) is 14.8. The minimum atomic E-state index is -3.74. The molecule has 0 spiro atoms. The summed E-state index contributed by atoms with van der Waals surface area (Å²) in [6.45, 7) is 0. The Hall–Kier alpha value is -1.63. The number of rotatable bonds is 6. The monoisotopic (exact) mass is 375 g/mol. The van der Waals surface area contributed by atoms with Crippen molar-refractivity contribution >= 4 is 38.9 Å². The standard InChI is InChI=1S/C15H15Cl2NO4S/c1-21-10-6-7-15(22-2)14(8-10)18-23(19,20)9-11-12(16)4-3-5-13(11)17/h3-8,18H,9H2,1-2H3. The summed E-state index contributed by atoms with van der Waals surface area (Å²) < 4.78 is 37.5. The molecule has 0 fully saturated rings. The second kappa shape index (κ2) is 7.29. The van der Waals surface area contributed by atoms with E-state index in [-0.39, 0.29) is 11.4 Å². The third-order valence-corrected chi connectivity index (χ3v) is 4.98. The lowest BCUT2D eigenvalue weighted by atomic mass is 10.2. The summed E-state index contributed by atoms with van der Waals surface area (Å²) in [6, 6.07) is 9.64. The van der Waals surface area contributed by atoms with Gasteiger partial charge >= 0.3 is 0 Å². The van der Waals surface area contributed by atoms with Gasteiger partial charge in [-0.05, 0) is 24.3 Å². The first-order valence-corrected chi connectivity index (χ1v) is 8.92. The van der Waals surface area contributed by atoms with E-state index in [2.05, 4.69) is 4.72 Å². The van der Waals surface area contributed by atoms with E-state index >= 15 is 0 Å². The Morgan fingerprint density at radius 2 is 1.70 bits per heavy atom. The Morgan fingerprint density at radius 1 is 1.04 bits per heavy atom. The van der Waals surface area contributed by atoms with Crippen molar-refractivity contribution < 1.29 is 17.9 Å². The normalized spacial score (nSPS) is 11.1. The van der Waals surface area contributed by atoms with E-state index in [0.717, 1.165) is 0 Å². The Morgan fingerprint density at radius 3 is 2.26 bits per heavy atom. The van der Waals surface area contributed by atoms with E-state index in [1.54, 1.807) is 30.3 Å². The van der Waals surface area contributed by atoms with E-state index in [1.807, 2.05) is 0 Å². The molecule has 0 amide bonds. The van der Waals surface area contributed by atoms with Crippen molar-refractivity contribution in [2.24, 2.45) is 0 Å². The molecule has 0 atom stereocenters. The van der Waals surface area contributed by atoms with Crippen molar-refractivity contribution in [1.82, 2.24) is 0 Å².